The molecule has 4 heteroatoms. The number of rotatable bonds is 3. The summed E-state index contributed by atoms with van der Waals surface area (Å²) in [4.78, 5) is 16.1. The van der Waals surface area contributed by atoms with Crippen molar-refractivity contribution in [2.24, 2.45) is 0 Å². The number of benzene rings is 1. The van der Waals surface area contributed by atoms with E-state index in [0.717, 1.165) is 10.0 Å². The Hall–Kier alpha value is -1.55. The molecule has 0 saturated carbocycles. The summed E-state index contributed by atoms with van der Waals surface area (Å²) >= 11 is 3.31. The molecule has 0 aliphatic carbocycles. The van der Waals surface area contributed by atoms with E-state index in [1.807, 2.05) is 13.0 Å². The average molecular weight is 308 g/mol. The molecule has 92 valence electrons. The number of pyridine rings is 1. The second-order valence-electron chi connectivity index (χ2n) is 4.05. The van der Waals surface area contributed by atoms with Gasteiger partial charge in [0.05, 0.1) is 0 Å². The molecule has 1 aromatic carbocycles. The first-order valence-electron chi connectivity index (χ1n) is 5.46. The zero-order valence-corrected chi connectivity index (χ0v) is 11.4. The summed E-state index contributed by atoms with van der Waals surface area (Å²) in [7, 11) is 0. The Morgan fingerprint density at radius 1 is 1.33 bits per heavy atom. The van der Waals surface area contributed by atoms with Crippen molar-refractivity contribution in [3.05, 3.63) is 63.6 Å². The van der Waals surface area contributed by atoms with E-state index in [4.69, 9.17) is 0 Å². The van der Waals surface area contributed by atoms with Crippen LogP contribution in [0.4, 0.5) is 4.39 Å². The van der Waals surface area contributed by atoms with E-state index in [9.17, 15) is 9.18 Å². The minimum Gasteiger partial charge on any atom is -0.292 e. The molecule has 0 aliphatic rings. The smallest absolute Gasteiger partial charge is 0.185 e. The largest absolute Gasteiger partial charge is 0.292 e. The predicted molar refractivity (Wildman–Crippen MR) is 71.1 cm³/mol. The summed E-state index contributed by atoms with van der Waals surface area (Å²) in [6.45, 7) is 1.90. The van der Waals surface area contributed by atoms with Gasteiger partial charge in [-0.25, -0.2) is 4.39 Å². The minimum atomic E-state index is -0.349. The highest BCUT2D eigenvalue weighted by Crippen LogP contribution is 2.19. The highest BCUT2D eigenvalue weighted by atomic mass is 79.9. The molecule has 0 bridgehead atoms. The van der Waals surface area contributed by atoms with Gasteiger partial charge in [-0.3, -0.25) is 9.78 Å². The molecule has 0 spiro atoms. The zero-order chi connectivity index (χ0) is 13.1. The van der Waals surface area contributed by atoms with Crippen molar-refractivity contribution in [1.82, 2.24) is 4.98 Å². The summed E-state index contributed by atoms with van der Waals surface area (Å²) in [6, 6.07) is 7.87. The molecule has 0 atom stereocenters. The molecule has 0 saturated heterocycles. The monoisotopic (exact) mass is 307 g/mol. The standard InChI is InChI=1S/C14H11BrFNO/c1-9-4-5-17-13(6-9)14(18)8-10-7-11(16)2-3-12(10)15/h2-7H,8H2,1H3. The summed E-state index contributed by atoms with van der Waals surface area (Å²) in [5.74, 6) is -0.469. The van der Waals surface area contributed by atoms with Crippen molar-refractivity contribution in [3.63, 3.8) is 0 Å². The molecule has 2 rings (SSSR count). The van der Waals surface area contributed by atoms with E-state index >= 15 is 0 Å². The van der Waals surface area contributed by atoms with Gasteiger partial charge in [0.25, 0.3) is 0 Å². The third kappa shape index (κ3) is 3.01. The van der Waals surface area contributed by atoms with E-state index in [1.165, 1.54) is 12.1 Å². The third-order valence-corrected chi connectivity index (χ3v) is 3.33. The maximum absolute atomic E-state index is 13.1. The van der Waals surface area contributed by atoms with Gasteiger partial charge in [0, 0.05) is 17.1 Å². The normalized spacial score (nSPS) is 10.4. The van der Waals surface area contributed by atoms with Gasteiger partial charge in [-0.1, -0.05) is 15.9 Å². The maximum atomic E-state index is 13.1. The topological polar surface area (TPSA) is 30.0 Å². The van der Waals surface area contributed by atoms with Crippen LogP contribution in [-0.2, 0) is 6.42 Å². The lowest BCUT2D eigenvalue weighted by atomic mass is 10.1. The van der Waals surface area contributed by atoms with Crippen LogP contribution in [0, 0.1) is 12.7 Å². The highest BCUT2D eigenvalue weighted by molar-refractivity contribution is 9.10. The van der Waals surface area contributed by atoms with Gasteiger partial charge in [0.1, 0.15) is 11.5 Å². The summed E-state index contributed by atoms with van der Waals surface area (Å²) < 4.78 is 13.8. The summed E-state index contributed by atoms with van der Waals surface area (Å²) in [5, 5.41) is 0. The van der Waals surface area contributed by atoms with E-state index < -0.39 is 0 Å². The first-order valence-corrected chi connectivity index (χ1v) is 6.25. The van der Waals surface area contributed by atoms with Gasteiger partial charge in [-0.05, 0) is 48.4 Å². The molecule has 0 N–H and O–H groups in total. The van der Waals surface area contributed by atoms with Crippen molar-refractivity contribution in [2.45, 2.75) is 13.3 Å². The SMILES string of the molecule is Cc1ccnc(C(=O)Cc2cc(F)ccc2Br)c1. The molecule has 2 nitrogen and oxygen atoms in total. The fraction of sp³-hybridized carbons (Fsp3) is 0.143. The Balaban J connectivity index is 2.24. The van der Waals surface area contributed by atoms with E-state index in [1.54, 1.807) is 18.3 Å². The summed E-state index contributed by atoms with van der Waals surface area (Å²) in [5.41, 5.74) is 2.01. The number of carbonyl (C=O) groups excluding carboxylic acids is 1. The van der Waals surface area contributed by atoms with Crippen LogP contribution in [0.2, 0.25) is 0 Å². The Morgan fingerprint density at radius 2 is 2.11 bits per heavy atom. The zero-order valence-electron chi connectivity index (χ0n) is 9.78. The van der Waals surface area contributed by atoms with E-state index in [0.29, 0.717) is 11.3 Å². The number of ketones is 1. The van der Waals surface area contributed by atoms with Crippen LogP contribution < -0.4 is 0 Å². The van der Waals surface area contributed by atoms with Crippen molar-refractivity contribution in [1.29, 1.82) is 0 Å². The number of Topliss-reactive ketones (excluding diaryl/α,β-unsaturated/α-hetero) is 1. The first-order chi connectivity index (χ1) is 8.56. The van der Waals surface area contributed by atoms with Gasteiger partial charge in [-0.15, -0.1) is 0 Å². The van der Waals surface area contributed by atoms with Crippen molar-refractivity contribution >= 4 is 21.7 Å². The Labute approximate surface area is 113 Å². The number of nitrogens with zero attached hydrogens (tertiary/aromatic N) is 1. The van der Waals surface area contributed by atoms with E-state index in [2.05, 4.69) is 20.9 Å². The third-order valence-electron chi connectivity index (χ3n) is 2.56. The maximum Gasteiger partial charge on any atom is 0.185 e. The van der Waals surface area contributed by atoms with Crippen LogP contribution in [0.5, 0.6) is 0 Å². The van der Waals surface area contributed by atoms with Crippen LogP contribution in [0.25, 0.3) is 0 Å². The van der Waals surface area contributed by atoms with Gasteiger partial charge < -0.3 is 0 Å². The number of halogens is 2. The lowest BCUT2D eigenvalue weighted by Gasteiger charge is -2.04. The Bertz CT molecular complexity index is 598. The molecule has 0 aliphatic heterocycles. The number of hydrogen-bond donors (Lipinski definition) is 0. The van der Waals surface area contributed by atoms with Crippen molar-refractivity contribution < 1.29 is 9.18 Å². The number of carbonyl (C=O) groups is 1. The molecule has 1 aromatic heterocycles. The molecular weight excluding hydrogens is 297 g/mol. The van der Waals surface area contributed by atoms with Crippen LogP contribution in [0.3, 0.4) is 0 Å². The lowest BCUT2D eigenvalue weighted by Crippen LogP contribution is -2.06. The van der Waals surface area contributed by atoms with Crippen LogP contribution >= 0.6 is 15.9 Å². The van der Waals surface area contributed by atoms with Gasteiger partial charge in [0.15, 0.2) is 5.78 Å². The van der Waals surface area contributed by atoms with Gasteiger partial charge >= 0.3 is 0 Å². The van der Waals surface area contributed by atoms with Gasteiger partial charge in [-0.2, -0.15) is 0 Å². The summed E-state index contributed by atoms with van der Waals surface area (Å²) in [6.07, 6.45) is 1.73. The van der Waals surface area contributed by atoms with Crippen molar-refractivity contribution in [3.8, 4) is 0 Å². The van der Waals surface area contributed by atoms with Crippen molar-refractivity contribution in [2.75, 3.05) is 0 Å². The number of aromatic nitrogens is 1. The van der Waals surface area contributed by atoms with Gasteiger partial charge in [0.2, 0.25) is 0 Å². The Morgan fingerprint density at radius 3 is 2.83 bits per heavy atom. The molecular formula is C14H11BrFNO. The molecule has 0 fully saturated rings. The molecule has 2 aromatic rings. The van der Waals surface area contributed by atoms with Crippen LogP contribution in [0.1, 0.15) is 21.6 Å². The fourth-order valence-electron chi connectivity index (χ4n) is 1.63. The first kappa shape index (κ1) is 12.9. The van der Waals surface area contributed by atoms with Crippen LogP contribution in [-0.4, -0.2) is 10.8 Å². The molecule has 0 amide bonds. The quantitative estimate of drug-likeness (QED) is 0.809. The second kappa shape index (κ2) is 5.40. The Kier molecular flexibility index (Phi) is 3.87. The lowest BCUT2D eigenvalue weighted by molar-refractivity contribution is 0.0988. The number of hydrogen-bond acceptors (Lipinski definition) is 2. The van der Waals surface area contributed by atoms with Crippen LogP contribution in [0.15, 0.2) is 41.0 Å². The molecule has 0 radical (unpaired) electrons. The molecule has 1 heterocycles. The average Bonchev–Trinajstić information content (AvgIpc) is 2.34. The molecule has 0 unspecified atom stereocenters. The highest BCUT2D eigenvalue weighted by Gasteiger charge is 2.11. The minimum absolute atomic E-state index is 0.120. The second-order valence-corrected chi connectivity index (χ2v) is 4.91. The molecule has 18 heavy (non-hydrogen) atoms. The fourth-order valence-corrected chi connectivity index (χ4v) is 2.02. The van der Waals surface area contributed by atoms with E-state index in [-0.39, 0.29) is 18.0 Å². The predicted octanol–water partition coefficient (Wildman–Crippen LogP) is 3.72. The number of aryl methyl sites for hydroxylation is 1.